The van der Waals surface area contributed by atoms with Gasteiger partial charge in [-0.15, -0.1) is 5.10 Å². The maximum Gasteiger partial charge on any atom is 0.316 e. The largest absolute Gasteiger partial charge is 0.402 e. The summed E-state index contributed by atoms with van der Waals surface area (Å²) < 4.78 is 5.84. The Labute approximate surface area is 170 Å². The van der Waals surface area contributed by atoms with Gasteiger partial charge in [0.15, 0.2) is 0 Å². The summed E-state index contributed by atoms with van der Waals surface area (Å²) in [7, 11) is 0. The summed E-state index contributed by atoms with van der Waals surface area (Å²) in [6.07, 6.45) is 3.77. The topological polar surface area (TPSA) is 84.1 Å². The molecule has 0 saturated heterocycles. The Balaban J connectivity index is 1.55. The maximum absolute atomic E-state index is 9.44. The van der Waals surface area contributed by atoms with Gasteiger partial charge in [0.05, 0.1) is 11.6 Å². The van der Waals surface area contributed by atoms with Crippen LogP contribution in [0, 0.1) is 6.92 Å². The van der Waals surface area contributed by atoms with Crippen molar-refractivity contribution in [1.29, 1.82) is 0 Å². The molecule has 0 amide bonds. The molecule has 0 bridgehead atoms. The van der Waals surface area contributed by atoms with Crippen LogP contribution in [0.1, 0.15) is 69.1 Å². The Kier molecular flexibility index (Phi) is 4.17. The predicted octanol–water partition coefficient (Wildman–Crippen LogP) is 4.70. The zero-order chi connectivity index (χ0) is 20.3. The molecule has 5 rings (SSSR count). The quantitative estimate of drug-likeness (QED) is 0.669. The van der Waals surface area contributed by atoms with Gasteiger partial charge in [0.25, 0.3) is 5.89 Å². The summed E-state index contributed by atoms with van der Waals surface area (Å²) >= 11 is 0. The van der Waals surface area contributed by atoms with E-state index in [1.807, 2.05) is 6.07 Å². The molecule has 152 valence electrons. The molecule has 2 fully saturated rings. The second-order valence-corrected chi connectivity index (χ2v) is 9.69. The van der Waals surface area contributed by atoms with Gasteiger partial charge in [-0.3, -0.25) is 0 Å². The average Bonchev–Trinajstić information content (AvgIpc) is 3.38. The van der Waals surface area contributed by atoms with E-state index in [1.54, 1.807) is 0 Å². The van der Waals surface area contributed by atoms with Gasteiger partial charge in [0, 0.05) is 11.4 Å². The van der Waals surface area contributed by atoms with Gasteiger partial charge in [0.1, 0.15) is 5.69 Å². The highest BCUT2D eigenvalue weighted by Gasteiger charge is 2.29. The van der Waals surface area contributed by atoms with Crippen LogP contribution in [-0.2, 0) is 5.41 Å². The van der Waals surface area contributed by atoms with Crippen molar-refractivity contribution in [3.63, 3.8) is 0 Å². The van der Waals surface area contributed by atoms with Crippen molar-refractivity contribution in [1.82, 2.24) is 15.2 Å². The van der Waals surface area contributed by atoms with E-state index in [9.17, 15) is 5.11 Å². The lowest BCUT2D eigenvalue weighted by atomic mass is 9.83. The molecular weight excluding hydrogens is 364 g/mol. The molecule has 0 unspecified atom stereocenters. The Morgan fingerprint density at radius 3 is 2.52 bits per heavy atom. The Morgan fingerprint density at radius 1 is 1.10 bits per heavy atom. The third-order valence-corrected chi connectivity index (χ3v) is 6.08. The number of aryl methyl sites for hydroxylation is 1. The fraction of sp³-hybridized carbons (Fsp3) is 0.522. The van der Waals surface area contributed by atoms with Crippen LogP contribution >= 0.6 is 0 Å². The molecular formula is C23H28N4O2. The molecule has 2 aromatic heterocycles. The summed E-state index contributed by atoms with van der Waals surface area (Å²) in [6.45, 7) is 8.85. The number of hydrogen-bond donors (Lipinski definition) is 2. The Morgan fingerprint density at radius 2 is 1.86 bits per heavy atom. The lowest BCUT2D eigenvalue weighted by Crippen LogP contribution is -2.39. The van der Waals surface area contributed by atoms with E-state index in [0.717, 1.165) is 5.52 Å². The molecule has 3 aromatic rings. The first-order chi connectivity index (χ1) is 13.8. The fourth-order valence-electron chi connectivity index (χ4n) is 4.11. The summed E-state index contributed by atoms with van der Waals surface area (Å²) in [6, 6.07) is 7.28. The summed E-state index contributed by atoms with van der Waals surface area (Å²) in [5, 5.41) is 22.2. The van der Waals surface area contributed by atoms with Crippen molar-refractivity contribution in [2.45, 2.75) is 76.9 Å². The molecule has 2 heterocycles. The van der Waals surface area contributed by atoms with Gasteiger partial charge in [-0.2, -0.15) is 0 Å². The highest BCUT2D eigenvalue weighted by atomic mass is 16.4. The zero-order valence-corrected chi connectivity index (χ0v) is 17.5. The van der Waals surface area contributed by atoms with Crippen LogP contribution in [0.15, 0.2) is 22.6 Å². The molecule has 2 aliphatic rings. The maximum atomic E-state index is 9.44. The minimum absolute atomic E-state index is 0.00612. The molecule has 0 atom stereocenters. The number of nitrogens with zero attached hydrogens (tertiary/aromatic N) is 3. The minimum Gasteiger partial charge on any atom is -0.402 e. The van der Waals surface area contributed by atoms with Crippen LogP contribution in [0.5, 0.6) is 0 Å². The second-order valence-electron chi connectivity index (χ2n) is 9.69. The Bertz CT molecular complexity index is 1070. The minimum atomic E-state index is -0.226. The fourth-order valence-corrected chi connectivity index (χ4v) is 4.11. The van der Waals surface area contributed by atoms with E-state index in [0.29, 0.717) is 36.4 Å². The molecule has 0 aliphatic heterocycles. The molecule has 0 radical (unpaired) electrons. The molecule has 29 heavy (non-hydrogen) atoms. The third kappa shape index (κ3) is 3.50. The lowest BCUT2D eigenvalue weighted by molar-refractivity contribution is 0.0828. The molecule has 2 N–H and O–H groups in total. The highest BCUT2D eigenvalue weighted by molar-refractivity contribution is 5.88. The number of rotatable bonds is 4. The van der Waals surface area contributed by atoms with Gasteiger partial charge in [-0.1, -0.05) is 31.9 Å². The van der Waals surface area contributed by atoms with E-state index in [-0.39, 0.29) is 17.6 Å². The van der Waals surface area contributed by atoms with Crippen molar-refractivity contribution >= 4 is 16.9 Å². The number of nitrogens with one attached hydrogen (secondary N) is 1. The molecule has 6 nitrogen and oxygen atoms in total. The van der Waals surface area contributed by atoms with Crippen molar-refractivity contribution in [3.8, 4) is 11.6 Å². The van der Waals surface area contributed by atoms with E-state index < -0.39 is 0 Å². The van der Waals surface area contributed by atoms with Crippen LogP contribution < -0.4 is 5.32 Å². The van der Waals surface area contributed by atoms with Gasteiger partial charge < -0.3 is 14.8 Å². The predicted molar refractivity (Wildman–Crippen MR) is 113 cm³/mol. The van der Waals surface area contributed by atoms with Gasteiger partial charge in [0.2, 0.25) is 0 Å². The summed E-state index contributed by atoms with van der Waals surface area (Å²) in [5.41, 5.74) is 5.59. The van der Waals surface area contributed by atoms with Gasteiger partial charge >= 0.3 is 6.01 Å². The van der Waals surface area contributed by atoms with E-state index >= 15 is 0 Å². The first-order valence-electron chi connectivity index (χ1n) is 10.5. The zero-order valence-electron chi connectivity index (χ0n) is 17.5. The van der Waals surface area contributed by atoms with Crippen molar-refractivity contribution < 1.29 is 9.52 Å². The van der Waals surface area contributed by atoms with Gasteiger partial charge in [-0.25, -0.2) is 4.98 Å². The first kappa shape index (κ1) is 18.6. The van der Waals surface area contributed by atoms with E-state index in [2.05, 4.69) is 55.3 Å². The molecule has 2 aliphatic carbocycles. The second kappa shape index (κ2) is 6.52. The van der Waals surface area contributed by atoms with Crippen LogP contribution in [0.3, 0.4) is 0 Å². The molecule has 1 aromatic carbocycles. The third-order valence-electron chi connectivity index (χ3n) is 6.08. The standard InChI is InChI=1S/C23H28N4O2/c1-12-7-19(21-26-27-22(29-21)24-15-10-16(28)11-15)25-20-17(12)8-14(13-5-6-13)9-18(20)23(2,3)4/h7-9,13,15-16,28H,5-6,10-11H2,1-4H3,(H,24,27). The van der Waals surface area contributed by atoms with Crippen molar-refractivity contribution in [3.05, 3.63) is 34.9 Å². The van der Waals surface area contributed by atoms with E-state index in [4.69, 9.17) is 9.40 Å². The number of aliphatic hydroxyl groups excluding tert-OH is 1. The number of aromatic nitrogens is 3. The average molecular weight is 393 g/mol. The molecule has 2 saturated carbocycles. The van der Waals surface area contributed by atoms with Crippen molar-refractivity contribution in [2.75, 3.05) is 5.32 Å². The number of pyridine rings is 1. The number of benzene rings is 1. The highest BCUT2D eigenvalue weighted by Crippen LogP contribution is 2.44. The first-order valence-corrected chi connectivity index (χ1v) is 10.5. The van der Waals surface area contributed by atoms with Crippen LogP contribution in [0.4, 0.5) is 6.01 Å². The van der Waals surface area contributed by atoms with Crippen LogP contribution in [0.2, 0.25) is 0 Å². The van der Waals surface area contributed by atoms with Crippen LogP contribution in [-0.4, -0.2) is 32.4 Å². The number of fused-ring (bicyclic) bond motifs is 1. The SMILES string of the molecule is Cc1cc(-c2nnc(NC3CC(O)C3)o2)nc2c(C(C)(C)C)cc(C3CC3)cc12. The molecule has 6 heteroatoms. The smallest absolute Gasteiger partial charge is 0.316 e. The van der Waals surface area contributed by atoms with Gasteiger partial charge in [-0.05, 0) is 72.8 Å². The normalized spacial score (nSPS) is 22.0. The van der Waals surface area contributed by atoms with Crippen molar-refractivity contribution in [2.24, 2.45) is 0 Å². The van der Waals surface area contributed by atoms with E-state index in [1.165, 1.54) is 34.9 Å². The number of anilines is 1. The monoisotopic (exact) mass is 392 g/mol. The number of aliphatic hydroxyl groups is 1. The number of hydrogen-bond acceptors (Lipinski definition) is 6. The Hall–Kier alpha value is -2.47. The summed E-state index contributed by atoms with van der Waals surface area (Å²) in [4.78, 5) is 4.97. The van der Waals surface area contributed by atoms with Crippen LogP contribution in [0.25, 0.3) is 22.5 Å². The lowest BCUT2D eigenvalue weighted by Gasteiger charge is -2.30. The summed E-state index contributed by atoms with van der Waals surface area (Å²) in [5.74, 6) is 1.12. The molecule has 0 spiro atoms.